The second-order valence-corrected chi connectivity index (χ2v) is 5.89. The van der Waals surface area contributed by atoms with Crippen molar-refractivity contribution in [3.63, 3.8) is 0 Å². The minimum atomic E-state index is -0.533. The maximum Gasteiger partial charge on any atom is 0.265 e. The predicted octanol–water partition coefficient (Wildman–Crippen LogP) is 4.31. The van der Waals surface area contributed by atoms with Crippen LogP contribution in [0.3, 0.4) is 0 Å². The lowest BCUT2D eigenvalue weighted by atomic mass is 10.0. The van der Waals surface area contributed by atoms with Gasteiger partial charge in [-0.05, 0) is 42.5 Å². The average Bonchev–Trinajstić information content (AvgIpc) is 2.54. The van der Waals surface area contributed by atoms with Gasteiger partial charge in [-0.1, -0.05) is 39.0 Å². The van der Waals surface area contributed by atoms with Crippen molar-refractivity contribution < 1.29 is 9.53 Å². The number of ether oxygens (including phenoxy) is 1. The molecule has 0 spiro atoms. The Morgan fingerprint density at radius 3 is 2.65 bits per heavy atom. The molecule has 1 amide bonds. The Kier molecular flexibility index (Phi) is 5.74. The van der Waals surface area contributed by atoms with Crippen LogP contribution >= 0.6 is 0 Å². The van der Waals surface area contributed by atoms with Gasteiger partial charge >= 0.3 is 0 Å². The number of hydrogen-bond acceptors (Lipinski definition) is 3. The molecule has 0 bridgehead atoms. The predicted molar refractivity (Wildman–Crippen MR) is 92.8 cm³/mol. The highest BCUT2D eigenvalue weighted by Gasteiger charge is 2.21. The third-order valence-corrected chi connectivity index (χ3v) is 3.77. The zero-order chi connectivity index (χ0) is 16.8. The van der Waals surface area contributed by atoms with Gasteiger partial charge in [-0.25, -0.2) is 0 Å². The van der Waals surface area contributed by atoms with E-state index in [1.807, 2.05) is 44.2 Å². The summed E-state index contributed by atoms with van der Waals surface area (Å²) in [7, 11) is 0. The zero-order valence-corrected chi connectivity index (χ0v) is 14.2. The highest BCUT2D eigenvalue weighted by atomic mass is 16.5. The van der Waals surface area contributed by atoms with Crippen LogP contribution in [0.25, 0.3) is 0 Å². The fraction of sp³-hybridized carbons (Fsp3) is 0.368. The number of anilines is 1. The van der Waals surface area contributed by atoms with Crippen LogP contribution in [0.2, 0.25) is 0 Å². The molecule has 4 heteroatoms. The molecule has 0 fully saturated rings. The Morgan fingerprint density at radius 2 is 2.00 bits per heavy atom. The number of hydrogen-bond donors (Lipinski definition) is 1. The second kappa shape index (κ2) is 7.77. The van der Waals surface area contributed by atoms with Crippen molar-refractivity contribution in [3.05, 3.63) is 53.9 Å². The first-order valence-electron chi connectivity index (χ1n) is 8.00. The summed E-state index contributed by atoms with van der Waals surface area (Å²) in [5, 5.41) is 2.90. The van der Waals surface area contributed by atoms with Gasteiger partial charge in [-0.15, -0.1) is 0 Å². The molecular formula is C19H24N2O2. The topological polar surface area (TPSA) is 51.2 Å². The van der Waals surface area contributed by atoms with Gasteiger partial charge in [0.15, 0.2) is 6.10 Å². The minimum Gasteiger partial charge on any atom is -0.480 e. The number of nitrogens with zero attached hydrogens (tertiary/aromatic N) is 1. The standard InChI is InChI=1S/C19H24N2O2/c1-5-17(19(22)21-16-12-20-11-10-14(16)4)23-18-9-7-6-8-15(18)13(2)3/h6-13,17H,5H2,1-4H3,(H,21,22)/t17-/m1/s1. The molecule has 1 atom stereocenters. The van der Waals surface area contributed by atoms with Crippen molar-refractivity contribution in [3.8, 4) is 5.75 Å². The summed E-state index contributed by atoms with van der Waals surface area (Å²) >= 11 is 0. The zero-order valence-electron chi connectivity index (χ0n) is 14.2. The molecule has 2 rings (SSSR count). The van der Waals surface area contributed by atoms with Gasteiger partial charge in [-0.3, -0.25) is 9.78 Å². The molecule has 2 aromatic rings. The molecule has 4 nitrogen and oxygen atoms in total. The fourth-order valence-corrected chi connectivity index (χ4v) is 2.35. The Labute approximate surface area is 137 Å². The van der Waals surface area contributed by atoms with Gasteiger partial charge in [0.1, 0.15) is 5.75 Å². The Balaban J connectivity index is 2.14. The van der Waals surface area contributed by atoms with Crippen LogP contribution < -0.4 is 10.1 Å². The summed E-state index contributed by atoms with van der Waals surface area (Å²) in [5.74, 6) is 0.960. The lowest BCUT2D eigenvalue weighted by Gasteiger charge is -2.21. The lowest BCUT2D eigenvalue weighted by Crippen LogP contribution is -2.33. The second-order valence-electron chi connectivity index (χ2n) is 5.89. The number of amides is 1. The average molecular weight is 312 g/mol. The van der Waals surface area contributed by atoms with E-state index in [9.17, 15) is 4.79 Å². The van der Waals surface area contributed by atoms with E-state index in [0.717, 1.165) is 22.6 Å². The van der Waals surface area contributed by atoms with Gasteiger partial charge < -0.3 is 10.1 Å². The van der Waals surface area contributed by atoms with Gasteiger partial charge in [0.2, 0.25) is 0 Å². The SMILES string of the molecule is CC[C@@H](Oc1ccccc1C(C)C)C(=O)Nc1cnccc1C. The normalized spacial score (nSPS) is 12.0. The molecule has 1 aromatic heterocycles. The molecule has 122 valence electrons. The van der Waals surface area contributed by atoms with Crippen LogP contribution in [0.5, 0.6) is 5.75 Å². The molecule has 1 aromatic carbocycles. The van der Waals surface area contributed by atoms with E-state index in [4.69, 9.17) is 4.74 Å². The van der Waals surface area contributed by atoms with E-state index in [-0.39, 0.29) is 5.91 Å². The van der Waals surface area contributed by atoms with E-state index < -0.39 is 6.10 Å². The number of carbonyl (C=O) groups excluding carboxylic acids is 1. The molecule has 0 aliphatic heterocycles. The van der Waals surface area contributed by atoms with Crippen LogP contribution in [-0.2, 0) is 4.79 Å². The lowest BCUT2D eigenvalue weighted by molar-refractivity contribution is -0.122. The van der Waals surface area contributed by atoms with Crippen molar-refractivity contribution in [2.45, 2.75) is 46.1 Å². The highest BCUT2D eigenvalue weighted by molar-refractivity contribution is 5.94. The largest absolute Gasteiger partial charge is 0.480 e. The van der Waals surface area contributed by atoms with E-state index in [1.54, 1.807) is 12.4 Å². The molecule has 0 aliphatic rings. The van der Waals surface area contributed by atoms with Crippen molar-refractivity contribution in [1.82, 2.24) is 4.98 Å². The van der Waals surface area contributed by atoms with E-state index in [2.05, 4.69) is 24.1 Å². The summed E-state index contributed by atoms with van der Waals surface area (Å²) in [6.45, 7) is 8.11. The molecule has 1 heterocycles. The number of pyridine rings is 1. The van der Waals surface area contributed by atoms with E-state index in [0.29, 0.717) is 12.3 Å². The van der Waals surface area contributed by atoms with Crippen LogP contribution in [0, 0.1) is 6.92 Å². The maximum absolute atomic E-state index is 12.5. The number of rotatable bonds is 6. The van der Waals surface area contributed by atoms with Gasteiger partial charge in [-0.2, -0.15) is 0 Å². The van der Waals surface area contributed by atoms with Crippen molar-refractivity contribution in [1.29, 1.82) is 0 Å². The molecular weight excluding hydrogens is 288 g/mol. The summed E-state index contributed by atoms with van der Waals surface area (Å²) < 4.78 is 6.00. The number of benzene rings is 1. The Bertz CT molecular complexity index is 668. The number of para-hydroxylation sites is 1. The molecule has 0 aliphatic carbocycles. The monoisotopic (exact) mass is 312 g/mol. The minimum absolute atomic E-state index is 0.151. The summed E-state index contributed by atoms with van der Waals surface area (Å²) in [6, 6.07) is 9.74. The summed E-state index contributed by atoms with van der Waals surface area (Å²) in [6.07, 6.45) is 3.42. The third-order valence-electron chi connectivity index (χ3n) is 3.77. The quantitative estimate of drug-likeness (QED) is 0.864. The van der Waals surface area contributed by atoms with Gasteiger partial charge in [0, 0.05) is 6.20 Å². The van der Waals surface area contributed by atoms with Crippen LogP contribution in [0.15, 0.2) is 42.7 Å². The summed E-state index contributed by atoms with van der Waals surface area (Å²) in [5.41, 5.74) is 2.80. The Hall–Kier alpha value is -2.36. The van der Waals surface area contributed by atoms with E-state index in [1.165, 1.54) is 0 Å². The Morgan fingerprint density at radius 1 is 1.26 bits per heavy atom. The molecule has 1 N–H and O–H groups in total. The third kappa shape index (κ3) is 4.31. The molecule has 0 unspecified atom stereocenters. The summed E-state index contributed by atoms with van der Waals surface area (Å²) in [4.78, 5) is 16.6. The molecule has 23 heavy (non-hydrogen) atoms. The molecule has 0 saturated heterocycles. The molecule has 0 saturated carbocycles. The van der Waals surface area contributed by atoms with Crippen LogP contribution in [0.1, 0.15) is 44.2 Å². The highest BCUT2D eigenvalue weighted by Crippen LogP contribution is 2.27. The first-order valence-corrected chi connectivity index (χ1v) is 8.00. The molecule has 0 radical (unpaired) electrons. The number of nitrogens with one attached hydrogen (secondary N) is 1. The van der Waals surface area contributed by atoms with Gasteiger partial charge in [0.05, 0.1) is 11.9 Å². The maximum atomic E-state index is 12.5. The van der Waals surface area contributed by atoms with Crippen LogP contribution in [-0.4, -0.2) is 17.0 Å². The van der Waals surface area contributed by atoms with Crippen molar-refractivity contribution in [2.24, 2.45) is 0 Å². The van der Waals surface area contributed by atoms with Crippen molar-refractivity contribution in [2.75, 3.05) is 5.32 Å². The first-order chi connectivity index (χ1) is 11.0. The number of aromatic nitrogens is 1. The van der Waals surface area contributed by atoms with Gasteiger partial charge in [0.25, 0.3) is 5.91 Å². The number of aryl methyl sites for hydroxylation is 1. The number of carbonyl (C=O) groups is 1. The van der Waals surface area contributed by atoms with Crippen LogP contribution in [0.4, 0.5) is 5.69 Å². The smallest absolute Gasteiger partial charge is 0.265 e. The first kappa shape index (κ1) is 17.0. The van der Waals surface area contributed by atoms with E-state index >= 15 is 0 Å². The fourth-order valence-electron chi connectivity index (χ4n) is 2.35. The van der Waals surface area contributed by atoms with Crippen molar-refractivity contribution >= 4 is 11.6 Å².